The van der Waals surface area contributed by atoms with Crippen molar-refractivity contribution in [3.05, 3.63) is 127 Å². The Kier molecular flexibility index (Phi) is 7.31. The molecular formula is C29H23IrN3-2. The molecule has 165 valence electrons. The second kappa shape index (κ2) is 12.0. The second-order valence-electron chi connectivity index (χ2n) is 7.08. The first kappa shape index (κ1) is 20.2. The van der Waals surface area contributed by atoms with Crippen LogP contribution in [0.25, 0.3) is 33.8 Å². The first-order valence-corrected chi connectivity index (χ1v) is 10.2. The molecule has 0 saturated heterocycles. The Labute approximate surface area is 213 Å². The molecule has 3 heterocycles. The Balaban J connectivity index is 0.000000198. The number of rotatable bonds is 3. The number of hydrogen-bond acceptors (Lipinski definition) is 3. The summed E-state index contributed by atoms with van der Waals surface area (Å²) in [7, 11) is 0. The largest absolute Gasteiger partial charge is 0.304 e. The molecule has 0 N–H and O–H groups in total. The van der Waals surface area contributed by atoms with E-state index in [2.05, 4.69) is 40.1 Å². The van der Waals surface area contributed by atoms with Gasteiger partial charge in [0.2, 0.25) is 0 Å². The number of aromatic nitrogens is 3. The van der Waals surface area contributed by atoms with Gasteiger partial charge in [-0.3, -0.25) is 4.98 Å². The third-order valence-corrected chi connectivity index (χ3v) is 4.78. The normalized spacial score (nSPS) is 11.6. The molecule has 0 unspecified atom stereocenters. The molecule has 5 rings (SSSR count). The van der Waals surface area contributed by atoms with Gasteiger partial charge < -0.3 is 9.97 Å². The Morgan fingerprint density at radius 3 is 1.97 bits per heavy atom. The molecule has 0 atom stereocenters. The van der Waals surface area contributed by atoms with Crippen LogP contribution in [-0.4, -0.2) is 15.0 Å². The van der Waals surface area contributed by atoms with Gasteiger partial charge in [0, 0.05) is 42.8 Å². The van der Waals surface area contributed by atoms with Crippen molar-refractivity contribution in [1.82, 2.24) is 15.0 Å². The molecule has 4 heteroatoms. The fourth-order valence-electron chi connectivity index (χ4n) is 3.13. The number of benzene rings is 2. The summed E-state index contributed by atoms with van der Waals surface area (Å²) in [5.74, 6) is 0. The molecule has 1 radical (unpaired) electrons. The summed E-state index contributed by atoms with van der Waals surface area (Å²) in [6.07, 6.45) is 5.09. The minimum absolute atomic E-state index is 0. The summed E-state index contributed by atoms with van der Waals surface area (Å²) in [6.45, 7) is -0.0402. The van der Waals surface area contributed by atoms with E-state index in [9.17, 15) is 0 Å². The van der Waals surface area contributed by atoms with E-state index in [0.29, 0.717) is 0 Å². The van der Waals surface area contributed by atoms with Crippen molar-refractivity contribution in [1.29, 1.82) is 0 Å². The number of pyridine rings is 3. The van der Waals surface area contributed by atoms with Crippen molar-refractivity contribution < 1.29 is 24.2 Å². The van der Waals surface area contributed by atoms with E-state index in [1.807, 2.05) is 73.1 Å². The Morgan fingerprint density at radius 2 is 1.39 bits per heavy atom. The van der Waals surface area contributed by atoms with E-state index >= 15 is 0 Å². The molecule has 3 nitrogen and oxygen atoms in total. The maximum Gasteiger partial charge on any atom is 0.0697 e. The molecule has 0 aliphatic heterocycles. The van der Waals surface area contributed by atoms with E-state index in [4.69, 9.17) is 4.11 Å². The molecule has 2 aromatic carbocycles. The quantitative estimate of drug-likeness (QED) is 0.212. The molecule has 0 bridgehead atoms. The van der Waals surface area contributed by atoms with Crippen LogP contribution in [0.2, 0.25) is 0 Å². The monoisotopic (exact) mass is 609 g/mol. The first-order chi connectivity index (χ1) is 16.9. The third kappa shape index (κ3) is 6.52. The van der Waals surface area contributed by atoms with Crippen molar-refractivity contribution in [2.45, 2.75) is 13.8 Å². The van der Waals surface area contributed by atoms with Gasteiger partial charge in [0.25, 0.3) is 0 Å². The summed E-state index contributed by atoms with van der Waals surface area (Å²) < 4.78 is 21.7. The van der Waals surface area contributed by atoms with Crippen molar-refractivity contribution in [3.63, 3.8) is 0 Å². The van der Waals surface area contributed by atoms with Crippen molar-refractivity contribution >= 4 is 0 Å². The Hall–Kier alpha value is -3.46. The average molecular weight is 609 g/mol. The molecule has 0 amide bonds. The van der Waals surface area contributed by atoms with E-state index < -0.39 is 6.85 Å². The molecular weight excluding hydrogens is 583 g/mol. The van der Waals surface area contributed by atoms with Crippen LogP contribution < -0.4 is 0 Å². The third-order valence-electron chi connectivity index (χ3n) is 4.78. The topological polar surface area (TPSA) is 38.7 Å². The van der Waals surface area contributed by atoms with Gasteiger partial charge in [-0.15, -0.1) is 71.8 Å². The fourth-order valence-corrected chi connectivity index (χ4v) is 3.13. The first-order valence-electron chi connectivity index (χ1n) is 11.7. The number of hydrogen-bond donors (Lipinski definition) is 0. The standard InChI is InChI=1S/C17H13N2.C12H10N.Ir/c1-13-12-19-17(14-7-3-2-4-8-14)11-15(13)16-9-5-6-10-18-16;1-10-7-8-12(13-9-10)11-5-3-2-4-6-11;/h2-7,9-12H,1H3;2-5,7-9H,1H3;/q2*-1;/i;1D3;. The van der Waals surface area contributed by atoms with Crippen molar-refractivity contribution in [2.75, 3.05) is 0 Å². The summed E-state index contributed by atoms with van der Waals surface area (Å²) in [4.78, 5) is 13.0. The zero-order valence-electron chi connectivity index (χ0n) is 21.0. The summed E-state index contributed by atoms with van der Waals surface area (Å²) in [6, 6.07) is 32.8. The van der Waals surface area contributed by atoms with Gasteiger partial charge in [-0.1, -0.05) is 24.3 Å². The molecule has 33 heavy (non-hydrogen) atoms. The van der Waals surface area contributed by atoms with Crippen molar-refractivity contribution in [2.24, 2.45) is 0 Å². The average Bonchev–Trinajstić information content (AvgIpc) is 2.90. The van der Waals surface area contributed by atoms with E-state index in [1.54, 1.807) is 18.2 Å². The molecule has 5 aromatic rings. The zero-order valence-corrected chi connectivity index (χ0v) is 20.4. The van der Waals surface area contributed by atoms with Gasteiger partial charge >= 0.3 is 0 Å². The maximum atomic E-state index is 7.23. The van der Waals surface area contributed by atoms with Crippen LogP contribution in [-0.2, 0) is 20.1 Å². The van der Waals surface area contributed by atoms with Gasteiger partial charge in [0.05, 0.1) is 5.69 Å². The predicted molar refractivity (Wildman–Crippen MR) is 130 cm³/mol. The molecule has 0 saturated carbocycles. The van der Waals surface area contributed by atoms with Gasteiger partial charge in [-0.05, 0) is 54.0 Å². The summed E-state index contributed by atoms with van der Waals surface area (Å²) in [5, 5.41) is 0. The van der Waals surface area contributed by atoms with Crippen LogP contribution in [0.4, 0.5) is 0 Å². The summed E-state index contributed by atoms with van der Waals surface area (Å²) >= 11 is 0. The Bertz CT molecular complexity index is 1360. The zero-order chi connectivity index (χ0) is 24.7. The van der Waals surface area contributed by atoms with Crippen LogP contribution in [0, 0.1) is 25.9 Å². The number of nitrogens with zero attached hydrogens (tertiary/aromatic N) is 3. The van der Waals surface area contributed by atoms with Crippen LogP contribution in [0.1, 0.15) is 15.2 Å². The minimum atomic E-state index is -2.09. The van der Waals surface area contributed by atoms with Gasteiger partial charge in [-0.25, -0.2) is 0 Å². The fraction of sp³-hybridized carbons (Fsp3) is 0.0690. The SMILES string of the molecule is Cc1cnc(-c2[c-]cccc2)cc1-c1ccccn1.[2H]C([2H])([2H])c1ccc(-c2[c-]cccc2)nc1.[Ir]. The molecule has 0 spiro atoms. The van der Waals surface area contributed by atoms with Gasteiger partial charge in [0.15, 0.2) is 0 Å². The smallest absolute Gasteiger partial charge is 0.0697 e. The van der Waals surface area contributed by atoms with Crippen LogP contribution in [0.15, 0.2) is 104 Å². The molecule has 0 fully saturated rings. The van der Waals surface area contributed by atoms with Crippen LogP contribution in [0.3, 0.4) is 0 Å². The minimum Gasteiger partial charge on any atom is -0.304 e. The van der Waals surface area contributed by atoms with Crippen LogP contribution >= 0.6 is 0 Å². The van der Waals surface area contributed by atoms with E-state index in [-0.39, 0.29) is 25.7 Å². The van der Waals surface area contributed by atoms with E-state index in [1.165, 1.54) is 6.20 Å². The predicted octanol–water partition coefficient (Wildman–Crippen LogP) is 6.77. The number of aryl methyl sites for hydroxylation is 2. The molecule has 0 aliphatic rings. The molecule has 3 aromatic heterocycles. The second-order valence-corrected chi connectivity index (χ2v) is 7.08. The van der Waals surface area contributed by atoms with Crippen LogP contribution in [0.5, 0.6) is 0 Å². The molecule has 0 aliphatic carbocycles. The van der Waals surface area contributed by atoms with Gasteiger partial charge in [0.1, 0.15) is 0 Å². The van der Waals surface area contributed by atoms with Gasteiger partial charge in [-0.2, -0.15) is 0 Å². The van der Waals surface area contributed by atoms with Crippen molar-refractivity contribution in [3.8, 4) is 33.8 Å². The van der Waals surface area contributed by atoms with E-state index in [0.717, 1.165) is 39.3 Å². The maximum absolute atomic E-state index is 7.23. The summed E-state index contributed by atoms with van der Waals surface area (Å²) in [5.41, 5.74) is 6.98. The Morgan fingerprint density at radius 1 is 0.697 bits per heavy atom.